The fourth-order valence-corrected chi connectivity index (χ4v) is 2.43. The number of carbonyl (C=O) groups excluding carboxylic acids is 1. The zero-order chi connectivity index (χ0) is 13.7. The number of amides is 1. The first-order valence-corrected chi connectivity index (χ1v) is 6.93. The van der Waals surface area contributed by atoms with Gasteiger partial charge in [0.25, 0.3) is 5.91 Å². The van der Waals surface area contributed by atoms with Gasteiger partial charge in [-0.3, -0.25) is 4.79 Å². The molecule has 19 heavy (non-hydrogen) atoms. The second-order valence-electron chi connectivity index (χ2n) is 4.86. The monoisotopic (exact) mass is 282 g/mol. The van der Waals surface area contributed by atoms with Crippen LogP contribution in [0.25, 0.3) is 0 Å². The third-order valence-electron chi connectivity index (χ3n) is 3.18. The van der Waals surface area contributed by atoms with E-state index in [2.05, 4.69) is 17.6 Å². The van der Waals surface area contributed by atoms with Crippen molar-refractivity contribution in [2.75, 3.05) is 13.2 Å². The molecule has 2 atom stereocenters. The molecule has 104 valence electrons. The van der Waals surface area contributed by atoms with Crippen molar-refractivity contribution in [3.8, 4) is 5.75 Å². The molecule has 1 aliphatic heterocycles. The molecule has 1 aromatic rings. The summed E-state index contributed by atoms with van der Waals surface area (Å²) in [7, 11) is 0. The summed E-state index contributed by atoms with van der Waals surface area (Å²) < 4.78 is 5.41. The van der Waals surface area contributed by atoms with Gasteiger partial charge in [0.1, 0.15) is 5.75 Å². The van der Waals surface area contributed by atoms with Gasteiger partial charge in [0.05, 0.1) is 5.02 Å². The van der Waals surface area contributed by atoms with E-state index in [9.17, 15) is 4.79 Å². The number of carbonyl (C=O) groups is 1. The quantitative estimate of drug-likeness (QED) is 0.888. The summed E-state index contributed by atoms with van der Waals surface area (Å²) >= 11 is 5.95. The highest BCUT2D eigenvalue weighted by Gasteiger charge is 2.19. The predicted molar refractivity (Wildman–Crippen MR) is 75.6 cm³/mol. The number of hydrogen-bond donors (Lipinski definition) is 2. The number of piperidine rings is 1. The SMILES string of the molecule is CC1CC(NC(=O)COc2ccccc2Cl)CCN1. The minimum atomic E-state index is -0.0981. The third kappa shape index (κ3) is 4.40. The molecule has 1 aliphatic rings. The van der Waals surface area contributed by atoms with E-state index in [-0.39, 0.29) is 18.6 Å². The molecule has 1 heterocycles. The van der Waals surface area contributed by atoms with Crippen LogP contribution in [0.5, 0.6) is 5.75 Å². The van der Waals surface area contributed by atoms with Crippen molar-refractivity contribution in [2.24, 2.45) is 0 Å². The fraction of sp³-hybridized carbons (Fsp3) is 0.500. The first-order chi connectivity index (χ1) is 9.15. The lowest BCUT2D eigenvalue weighted by molar-refractivity contribution is -0.124. The molecule has 0 radical (unpaired) electrons. The molecule has 1 aromatic carbocycles. The van der Waals surface area contributed by atoms with E-state index >= 15 is 0 Å². The molecule has 0 spiro atoms. The lowest BCUT2D eigenvalue weighted by Gasteiger charge is -2.28. The van der Waals surface area contributed by atoms with Crippen molar-refractivity contribution < 1.29 is 9.53 Å². The molecule has 0 saturated carbocycles. The van der Waals surface area contributed by atoms with E-state index in [1.807, 2.05) is 12.1 Å². The molecule has 0 aliphatic carbocycles. The largest absolute Gasteiger partial charge is 0.482 e. The maximum absolute atomic E-state index is 11.8. The molecule has 1 amide bonds. The molecule has 2 rings (SSSR count). The summed E-state index contributed by atoms with van der Waals surface area (Å²) in [5, 5.41) is 6.86. The molecule has 1 saturated heterocycles. The lowest BCUT2D eigenvalue weighted by Crippen LogP contribution is -2.47. The topological polar surface area (TPSA) is 50.4 Å². The van der Waals surface area contributed by atoms with Crippen LogP contribution in [-0.4, -0.2) is 31.1 Å². The van der Waals surface area contributed by atoms with Crippen LogP contribution in [0.3, 0.4) is 0 Å². The predicted octanol–water partition coefficient (Wildman–Crippen LogP) is 1.98. The highest BCUT2D eigenvalue weighted by Crippen LogP contribution is 2.22. The number of hydrogen-bond acceptors (Lipinski definition) is 3. The van der Waals surface area contributed by atoms with E-state index in [1.165, 1.54) is 0 Å². The maximum Gasteiger partial charge on any atom is 0.258 e. The zero-order valence-electron chi connectivity index (χ0n) is 11.0. The Labute approximate surface area is 118 Å². The minimum Gasteiger partial charge on any atom is -0.482 e. The molecule has 0 bridgehead atoms. The molecular formula is C14H19ClN2O2. The summed E-state index contributed by atoms with van der Waals surface area (Å²) in [5.74, 6) is 0.442. The Bertz CT molecular complexity index is 439. The minimum absolute atomic E-state index is 0.00203. The molecule has 0 aromatic heterocycles. The van der Waals surface area contributed by atoms with Crippen LogP contribution < -0.4 is 15.4 Å². The normalized spacial score (nSPS) is 22.8. The van der Waals surface area contributed by atoms with Gasteiger partial charge in [-0.2, -0.15) is 0 Å². The first kappa shape index (κ1) is 14.2. The standard InChI is InChI=1S/C14H19ClN2O2/c1-10-8-11(6-7-16-10)17-14(18)9-19-13-5-3-2-4-12(13)15/h2-5,10-11,16H,6-9H2,1H3,(H,17,18). The number of nitrogens with one attached hydrogen (secondary N) is 2. The Morgan fingerprint density at radius 3 is 3.05 bits per heavy atom. The van der Waals surface area contributed by atoms with Gasteiger partial charge in [0.2, 0.25) is 0 Å². The summed E-state index contributed by atoms with van der Waals surface area (Å²) in [6.45, 7) is 3.07. The zero-order valence-corrected chi connectivity index (χ0v) is 11.7. The van der Waals surface area contributed by atoms with Gasteiger partial charge in [0.15, 0.2) is 6.61 Å². The Morgan fingerprint density at radius 1 is 1.53 bits per heavy atom. The van der Waals surface area contributed by atoms with Gasteiger partial charge >= 0.3 is 0 Å². The van der Waals surface area contributed by atoms with Crippen molar-refractivity contribution in [3.63, 3.8) is 0 Å². The van der Waals surface area contributed by atoms with Gasteiger partial charge in [-0.25, -0.2) is 0 Å². The summed E-state index contributed by atoms with van der Waals surface area (Å²) in [6.07, 6.45) is 1.92. The van der Waals surface area contributed by atoms with Crippen LogP contribution in [0.15, 0.2) is 24.3 Å². The number of rotatable bonds is 4. The molecule has 4 nitrogen and oxygen atoms in total. The van der Waals surface area contributed by atoms with Gasteiger partial charge in [0, 0.05) is 12.1 Å². The van der Waals surface area contributed by atoms with Gasteiger partial charge in [-0.15, -0.1) is 0 Å². The molecule has 5 heteroatoms. The van der Waals surface area contributed by atoms with Crippen molar-refractivity contribution in [1.82, 2.24) is 10.6 Å². The third-order valence-corrected chi connectivity index (χ3v) is 3.50. The van der Waals surface area contributed by atoms with Crippen LogP contribution in [-0.2, 0) is 4.79 Å². The van der Waals surface area contributed by atoms with Crippen molar-refractivity contribution in [2.45, 2.75) is 31.8 Å². The van der Waals surface area contributed by atoms with Crippen LogP contribution in [0.4, 0.5) is 0 Å². The van der Waals surface area contributed by atoms with Gasteiger partial charge < -0.3 is 15.4 Å². The smallest absolute Gasteiger partial charge is 0.258 e. The first-order valence-electron chi connectivity index (χ1n) is 6.55. The summed E-state index contributed by atoms with van der Waals surface area (Å²) in [5.41, 5.74) is 0. The van der Waals surface area contributed by atoms with E-state index in [4.69, 9.17) is 16.3 Å². The van der Waals surface area contributed by atoms with E-state index in [0.717, 1.165) is 19.4 Å². The molecule has 2 N–H and O–H groups in total. The number of ether oxygens (including phenoxy) is 1. The highest BCUT2D eigenvalue weighted by molar-refractivity contribution is 6.32. The Hall–Kier alpha value is -1.26. The maximum atomic E-state index is 11.8. The summed E-state index contributed by atoms with van der Waals surface area (Å²) in [6, 6.07) is 7.83. The molecular weight excluding hydrogens is 264 g/mol. The fourth-order valence-electron chi connectivity index (χ4n) is 2.24. The van der Waals surface area contributed by atoms with Crippen LogP contribution >= 0.6 is 11.6 Å². The number of para-hydroxylation sites is 1. The Kier molecular flexibility index (Phi) is 5.05. The molecule has 1 fully saturated rings. The van der Waals surface area contributed by atoms with E-state index in [0.29, 0.717) is 16.8 Å². The van der Waals surface area contributed by atoms with Crippen LogP contribution in [0.1, 0.15) is 19.8 Å². The Balaban J connectivity index is 1.77. The van der Waals surface area contributed by atoms with Crippen molar-refractivity contribution in [3.05, 3.63) is 29.3 Å². The van der Waals surface area contributed by atoms with E-state index in [1.54, 1.807) is 12.1 Å². The molecule has 2 unspecified atom stereocenters. The average molecular weight is 283 g/mol. The number of benzene rings is 1. The van der Waals surface area contributed by atoms with Crippen LogP contribution in [0.2, 0.25) is 5.02 Å². The van der Waals surface area contributed by atoms with Crippen LogP contribution in [0, 0.1) is 0 Å². The summed E-state index contributed by atoms with van der Waals surface area (Å²) in [4.78, 5) is 11.8. The highest BCUT2D eigenvalue weighted by atomic mass is 35.5. The lowest BCUT2D eigenvalue weighted by atomic mass is 10.0. The van der Waals surface area contributed by atoms with Crippen molar-refractivity contribution >= 4 is 17.5 Å². The van der Waals surface area contributed by atoms with Gasteiger partial charge in [-0.1, -0.05) is 23.7 Å². The second kappa shape index (κ2) is 6.78. The average Bonchev–Trinajstić information content (AvgIpc) is 2.38. The van der Waals surface area contributed by atoms with Crippen molar-refractivity contribution in [1.29, 1.82) is 0 Å². The van der Waals surface area contributed by atoms with Gasteiger partial charge in [-0.05, 0) is 38.4 Å². The Morgan fingerprint density at radius 2 is 2.32 bits per heavy atom. The number of halogens is 1. The second-order valence-corrected chi connectivity index (χ2v) is 5.27. The van der Waals surface area contributed by atoms with E-state index < -0.39 is 0 Å².